The van der Waals surface area contributed by atoms with Crippen molar-refractivity contribution in [3.63, 3.8) is 0 Å². The van der Waals surface area contributed by atoms with Gasteiger partial charge in [0.2, 0.25) is 0 Å². The molecular weight excluding hydrogens is 354 g/mol. The molecule has 0 fully saturated rings. The van der Waals surface area contributed by atoms with E-state index in [2.05, 4.69) is 4.98 Å². The third-order valence-corrected chi connectivity index (χ3v) is 4.66. The summed E-state index contributed by atoms with van der Waals surface area (Å²) >= 11 is 0. The predicted molar refractivity (Wildman–Crippen MR) is 110 cm³/mol. The summed E-state index contributed by atoms with van der Waals surface area (Å²) in [7, 11) is 5.67. The maximum absolute atomic E-state index is 12.3. The van der Waals surface area contributed by atoms with E-state index in [1.54, 1.807) is 18.1 Å². The van der Waals surface area contributed by atoms with Crippen molar-refractivity contribution >= 4 is 28.5 Å². The standard InChI is InChI=1S/C22H25N3O3/c1-24(2)18-10-8-16(9-11-18)14-25(3)21(26)15-28-22(27)12-17-13-23-20-7-5-4-6-19(17)20/h4-11,13,23H,12,14-15H2,1-3H3. The Morgan fingerprint density at radius 1 is 1.00 bits per heavy atom. The number of rotatable bonds is 7. The zero-order chi connectivity index (χ0) is 20.1. The first kappa shape index (κ1) is 19.5. The number of nitrogens with zero attached hydrogens (tertiary/aromatic N) is 2. The molecule has 3 rings (SSSR count). The van der Waals surface area contributed by atoms with Gasteiger partial charge in [0.05, 0.1) is 6.42 Å². The molecule has 0 aliphatic heterocycles. The highest BCUT2D eigenvalue weighted by Crippen LogP contribution is 2.18. The number of H-pyrrole nitrogens is 1. The lowest BCUT2D eigenvalue weighted by Gasteiger charge is -2.18. The maximum atomic E-state index is 12.3. The molecule has 146 valence electrons. The van der Waals surface area contributed by atoms with E-state index in [1.165, 1.54) is 0 Å². The Hall–Kier alpha value is -3.28. The predicted octanol–water partition coefficient (Wildman–Crippen LogP) is 2.98. The van der Waals surface area contributed by atoms with Crippen molar-refractivity contribution in [2.75, 3.05) is 32.6 Å². The Bertz CT molecular complexity index is 961. The fraction of sp³-hybridized carbons (Fsp3) is 0.273. The minimum absolute atomic E-state index is 0.132. The number of likely N-dealkylation sites (N-methyl/N-ethyl adjacent to an activating group) is 1. The lowest BCUT2D eigenvalue weighted by Crippen LogP contribution is -2.31. The van der Waals surface area contributed by atoms with Gasteiger partial charge in [0, 0.05) is 50.5 Å². The van der Waals surface area contributed by atoms with Crippen LogP contribution >= 0.6 is 0 Å². The van der Waals surface area contributed by atoms with Crippen molar-refractivity contribution in [3.05, 3.63) is 65.9 Å². The Morgan fingerprint density at radius 3 is 2.43 bits per heavy atom. The second-order valence-corrected chi connectivity index (χ2v) is 7.01. The Balaban J connectivity index is 1.49. The molecule has 3 aromatic rings. The van der Waals surface area contributed by atoms with Crippen LogP contribution in [0.2, 0.25) is 0 Å². The molecule has 1 heterocycles. The van der Waals surface area contributed by atoms with Crippen LogP contribution in [-0.4, -0.2) is 49.5 Å². The van der Waals surface area contributed by atoms with E-state index < -0.39 is 5.97 Å². The van der Waals surface area contributed by atoms with Crippen LogP contribution in [0.25, 0.3) is 10.9 Å². The van der Waals surface area contributed by atoms with Crippen molar-refractivity contribution in [2.24, 2.45) is 0 Å². The highest BCUT2D eigenvalue weighted by atomic mass is 16.5. The highest BCUT2D eigenvalue weighted by molar-refractivity contribution is 5.88. The topological polar surface area (TPSA) is 65.6 Å². The number of aromatic nitrogens is 1. The Morgan fingerprint density at radius 2 is 1.71 bits per heavy atom. The molecule has 1 N–H and O–H groups in total. The molecule has 0 aliphatic carbocycles. The average Bonchev–Trinajstić information content (AvgIpc) is 3.09. The molecule has 0 bridgehead atoms. The smallest absolute Gasteiger partial charge is 0.310 e. The summed E-state index contributed by atoms with van der Waals surface area (Å²) < 4.78 is 5.18. The zero-order valence-corrected chi connectivity index (χ0v) is 16.4. The molecule has 0 aliphatic rings. The molecule has 0 atom stereocenters. The van der Waals surface area contributed by atoms with Crippen molar-refractivity contribution < 1.29 is 14.3 Å². The number of benzene rings is 2. The van der Waals surface area contributed by atoms with Crippen LogP contribution in [0.3, 0.4) is 0 Å². The molecule has 0 radical (unpaired) electrons. The quantitative estimate of drug-likeness (QED) is 0.641. The van der Waals surface area contributed by atoms with E-state index >= 15 is 0 Å². The SMILES string of the molecule is CN(Cc1ccc(N(C)C)cc1)C(=O)COC(=O)Cc1c[nH]c2ccccc12. The van der Waals surface area contributed by atoms with Crippen molar-refractivity contribution in [3.8, 4) is 0 Å². The van der Waals surface area contributed by atoms with Crippen molar-refractivity contribution in [1.82, 2.24) is 9.88 Å². The van der Waals surface area contributed by atoms with Crippen molar-refractivity contribution in [2.45, 2.75) is 13.0 Å². The molecule has 2 aromatic carbocycles. The number of hydrogen-bond donors (Lipinski definition) is 1. The summed E-state index contributed by atoms with van der Waals surface area (Å²) in [5.74, 6) is -0.647. The summed E-state index contributed by atoms with van der Waals surface area (Å²) in [6.07, 6.45) is 1.93. The van der Waals surface area contributed by atoms with Crippen LogP contribution in [0.5, 0.6) is 0 Å². The van der Waals surface area contributed by atoms with E-state index in [4.69, 9.17) is 4.74 Å². The second kappa shape index (κ2) is 8.61. The highest BCUT2D eigenvalue weighted by Gasteiger charge is 2.14. The summed E-state index contributed by atoms with van der Waals surface area (Å²) in [5.41, 5.74) is 3.96. The van der Waals surface area contributed by atoms with Gasteiger partial charge < -0.3 is 19.5 Å². The molecule has 0 unspecified atom stereocenters. The van der Waals surface area contributed by atoms with Gasteiger partial charge in [-0.05, 0) is 29.3 Å². The van der Waals surface area contributed by atoms with Gasteiger partial charge in [-0.1, -0.05) is 30.3 Å². The molecule has 0 saturated heterocycles. The number of ether oxygens (including phenoxy) is 1. The minimum atomic E-state index is -0.415. The van der Waals surface area contributed by atoms with E-state index in [1.807, 2.05) is 67.5 Å². The number of nitrogens with one attached hydrogen (secondary N) is 1. The number of aromatic amines is 1. The molecule has 0 spiro atoms. The van der Waals surface area contributed by atoms with E-state index in [9.17, 15) is 9.59 Å². The third kappa shape index (κ3) is 4.71. The summed E-state index contributed by atoms with van der Waals surface area (Å²) in [4.78, 5) is 31.1. The Labute approximate surface area is 164 Å². The third-order valence-electron chi connectivity index (χ3n) is 4.66. The minimum Gasteiger partial charge on any atom is -0.455 e. The summed E-state index contributed by atoms with van der Waals surface area (Å²) in [5, 5.41) is 0.990. The van der Waals surface area contributed by atoms with Gasteiger partial charge in [-0.2, -0.15) is 0 Å². The largest absolute Gasteiger partial charge is 0.455 e. The van der Waals surface area contributed by atoms with Crippen LogP contribution in [0, 0.1) is 0 Å². The average molecular weight is 379 g/mol. The summed E-state index contributed by atoms with van der Waals surface area (Å²) in [6, 6.07) is 15.8. The molecule has 1 aromatic heterocycles. The number of anilines is 1. The normalized spacial score (nSPS) is 10.7. The van der Waals surface area contributed by atoms with E-state index in [-0.39, 0.29) is 18.9 Å². The fourth-order valence-electron chi connectivity index (χ4n) is 3.00. The number of hydrogen-bond acceptors (Lipinski definition) is 4. The van der Waals surface area contributed by atoms with Crippen molar-refractivity contribution in [1.29, 1.82) is 0 Å². The first-order chi connectivity index (χ1) is 13.4. The molecule has 6 nitrogen and oxygen atoms in total. The molecular formula is C22H25N3O3. The van der Waals surface area contributed by atoms with Gasteiger partial charge in [0.15, 0.2) is 6.61 Å². The van der Waals surface area contributed by atoms with Gasteiger partial charge >= 0.3 is 5.97 Å². The molecule has 0 saturated carbocycles. The molecule has 1 amide bonds. The maximum Gasteiger partial charge on any atom is 0.310 e. The first-order valence-electron chi connectivity index (χ1n) is 9.15. The second-order valence-electron chi connectivity index (χ2n) is 7.01. The van der Waals surface area contributed by atoms with Crippen LogP contribution in [0.15, 0.2) is 54.7 Å². The van der Waals surface area contributed by atoms with Gasteiger partial charge in [0.1, 0.15) is 0 Å². The number of carbonyl (C=O) groups excluding carboxylic acids is 2. The number of fused-ring (bicyclic) bond motifs is 1. The lowest BCUT2D eigenvalue weighted by molar-refractivity contribution is -0.151. The number of amides is 1. The number of carbonyl (C=O) groups is 2. The van der Waals surface area contributed by atoms with Crippen LogP contribution < -0.4 is 4.90 Å². The Kier molecular flexibility index (Phi) is 5.99. The molecule has 6 heteroatoms. The van der Waals surface area contributed by atoms with Gasteiger partial charge in [-0.15, -0.1) is 0 Å². The van der Waals surface area contributed by atoms with Crippen LogP contribution in [0.1, 0.15) is 11.1 Å². The fourth-order valence-corrected chi connectivity index (χ4v) is 3.00. The van der Waals surface area contributed by atoms with E-state index in [0.29, 0.717) is 6.54 Å². The number of esters is 1. The first-order valence-corrected chi connectivity index (χ1v) is 9.15. The summed E-state index contributed by atoms with van der Waals surface area (Å²) in [6.45, 7) is 0.208. The monoisotopic (exact) mass is 379 g/mol. The van der Waals surface area contributed by atoms with Crippen LogP contribution in [0.4, 0.5) is 5.69 Å². The lowest BCUT2D eigenvalue weighted by atomic mass is 10.1. The molecule has 28 heavy (non-hydrogen) atoms. The number of para-hydroxylation sites is 1. The van der Waals surface area contributed by atoms with Gasteiger partial charge in [-0.25, -0.2) is 0 Å². The van der Waals surface area contributed by atoms with Crippen LogP contribution in [-0.2, 0) is 27.3 Å². The van der Waals surface area contributed by atoms with Gasteiger partial charge in [-0.3, -0.25) is 9.59 Å². The zero-order valence-electron chi connectivity index (χ0n) is 16.4. The van der Waals surface area contributed by atoms with E-state index in [0.717, 1.165) is 27.7 Å². The van der Waals surface area contributed by atoms with Gasteiger partial charge in [0.25, 0.3) is 5.91 Å².